The standard InChI is InChI=1S/C14H23NO5S/c1-5-10(4)13(18)15-6-7-21-14(19)11(16)8-12(17)20-9(2)3/h9-10H,5-8H2,1-4H3,(H,15,18). The number of carbonyl (C=O) groups is 4. The highest BCUT2D eigenvalue weighted by molar-refractivity contribution is 8.15. The second kappa shape index (κ2) is 10.4. The second-order valence-electron chi connectivity index (χ2n) is 4.87. The van der Waals surface area contributed by atoms with Crippen molar-refractivity contribution in [2.75, 3.05) is 12.3 Å². The van der Waals surface area contributed by atoms with Gasteiger partial charge in [-0.2, -0.15) is 0 Å². The molecule has 1 unspecified atom stereocenters. The minimum absolute atomic E-state index is 0.0712. The molecular weight excluding hydrogens is 294 g/mol. The number of ether oxygens (including phenoxy) is 1. The monoisotopic (exact) mass is 317 g/mol. The fourth-order valence-corrected chi connectivity index (χ4v) is 1.89. The Labute approximate surface area is 129 Å². The van der Waals surface area contributed by atoms with Crippen molar-refractivity contribution in [1.82, 2.24) is 5.32 Å². The maximum Gasteiger partial charge on any atom is 0.314 e. The molecule has 0 aliphatic heterocycles. The number of nitrogens with one attached hydrogen (secondary N) is 1. The van der Waals surface area contributed by atoms with E-state index in [-0.39, 0.29) is 17.9 Å². The number of esters is 1. The van der Waals surface area contributed by atoms with Gasteiger partial charge in [0, 0.05) is 18.2 Å². The summed E-state index contributed by atoms with van der Waals surface area (Å²) in [6.07, 6.45) is -0.110. The Balaban J connectivity index is 3.91. The van der Waals surface area contributed by atoms with Gasteiger partial charge in [0.2, 0.25) is 11.7 Å². The molecule has 0 aromatic heterocycles. The van der Waals surface area contributed by atoms with Crippen molar-refractivity contribution in [3.63, 3.8) is 0 Å². The van der Waals surface area contributed by atoms with Crippen molar-refractivity contribution in [3.05, 3.63) is 0 Å². The normalized spacial score (nSPS) is 11.9. The van der Waals surface area contributed by atoms with Crippen molar-refractivity contribution in [3.8, 4) is 0 Å². The van der Waals surface area contributed by atoms with Crippen LogP contribution in [-0.2, 0) is 23.9 Å². The van der Waals surface area contributed by atoms with Crippen molar-refractivity contribution >= 4 is 34.5 Å². The summed E-state index contributed by atoms with van der Waals surface area (Å²) in [5, 5.41) is 1.99. The highest BCUT2D eigenvalue weighted by Crippen LogP contribution is 2.06. The summed E-state index contributed by atoms with van der Waals surface area (Å²) in [5.74, 6) is -1.32. The van der Waals surface area contributed by atoms with Crippen LogP contribution in [-0.4, -0.2) is 41.2 Å². The van der Waals surface area contributed by atoms with E-state index in [2.05, 4.69) is 5.32 Å². The van der Waals surface area contributed by atoms with Crippen LogP contribution >= 0.6 is 11.8 Å². The Morgan fingerprint density at radius 2 is 1.76 bits per heavy atom. The smallest absolute Gasteiger partial charge is 0.314 e. The van der Waals surface area contributed by atoms with Gasteiger partial charge in [-0.25, -0.2) is 0 Å². The average molecular weight is 317 g/mol. The van der Waals surface area contributed by atoms with E-state index in [4.69, 9.17) is 4.74 Å². The van der Waals surface area contributed by atoms with Gasteiger partial charge in [0.1, 0.15) is 6.42 Å². The SMILES string of the molecule is CCC(C)C(=O)NCCSC(=O)C(=O)CC(=O)OC(C)C. The molecule has 1 atom stereocenters. The first-order valence-electron chi connectivity index (χ1n) is 6.95. The summed E-state index contributed by atoms with van der Waals surface area (Å²) in [4.78, 5) is 45.7. The van der Waals surface area contributed by atoms with Crippen LogP contribution < -0.4 is 5.32 Å². The van der Waals surface area contributed by atoms with Gasteiger partial charge < -0.3 is 10.1 Å². The quantitative estimate of drug-likeness (QED) is 0.298. The zero-order valence-electron chi connectivity index (χ0n) is 12.9. The Kier molecular flexibility index (Phi) is 9.69. The predicted octanol–water partition coefficient (Wildman–Crippen LogP) is 1.32. The molecule has 0 aromatic carbocycles. The van der Waals surface area contributed by atoms with Crippen LogP contribution in [0.25, 0.3) is 0 Å². The third kappa shape index (κ3) is 9.23. The van der Waals surface area contributed by atoms with Gasteiger partial charge in [0.15, 0.2) is 0 Å². The number of carbonyl (C=O) groups excluding carboxylic acids is 4. The van der Waals surface area contributed by atoms with Gasteiger partial charge in [-0.3, -0.25) is 19.2 Å². The maximum atomic E-state index is 11.5. The molecule has 120 valence electrons. The van der Waals surface area contributed by atoms with Gasteiger partial charge in [-0.1, -0.05) is 25.6 Å². The molecule has 0 heterocycles. The average Bonchev–Trinajstić information content (AvgIpc) is 2.40. The molecule has 1 amide bonds. The van der Waals surface area contributed by atoms with Crippen LogP contribution in [0.4, 0.5) is 0 Å². The van der Waals surface area contributed by atoms with Crippen molar-refractivity contribution < 1.29 is 23.9 Å². The highest BCUT2D eigenvalue weighted by Gasteiger charge is 2.20. The summed E-state index contributed by atoms with van der Waals surface area (Å²) in [6.45, 7) is 7.37. The third-order valence-electron chi connectivity index (χ3n) is 2.59. The van der Waals surface area contributed by atoms with E-state index >= 15 is 0 Å². The number of hydrogen-bond acceptors (Lipinski definition) is 6. The summed E-state index contributed by atoms with van der Waals surface area (Å²) in [5.41, 5.74) is 0. The Bertz CT molecular complexity index is 395. The van der Waals surface area contributed by atoms with E-state index in [0.29, 0.717) is 12.3 Å². The van der Waals surface area contributed by atoms with Crippen LogP contribution in [0.1, 0.15) is 40.5 Å². The molecule has 0 aliphatic carbocycles. The molecule has 0 rings (SSSR count). The van der Waals surface area contributed by atoms with E-state index in [1.165, 1.54) is 0 Å². The van der Waals surface area contributed by atoms with E-state index in [0.717, 1.165) is 18.2 Å². The summed E-state index contributed by atoms with van der Waals surface area (Å²) in [6, 6.07) is 0. The molecule has 6 nitrogen and oxygen atoms in total. The zero-order chi connectivity index (χ0) is 16.4. The molecule has 0 fully saturated rings. The van der Waals surface area contributed by atoms with E-state index < -0.39 is 23.3 Å². The molecule has 0 radical (unpaired) electrons. The van der Waals surface area contributed by atoms with E-state index in [1.807, 2.05) is 13.8 Å². The van der Waals surface area contributed by atoms with Gasteiger partial charge in [-0.15, -0.1) is 0 Å². The van der Waals surface area contributed by atoms with Gasteiger partial charge in [0.05, 0.1) is 6.10 Å². The van der Waals surface area contributed by atoms with Crippen molar-refractivity contribution in [2.45, 2.75) is 46.6 Å². The van der Waals surface area contributed by atoms with E-state index in [9.17, 15) is 19.2 Å². The van der Waals surface area contributed by atoms with E-state index in [1.54, 1.807) is 13.8 Å². The molecule has 1 N–H and O–H groups in total. The van der Waals surface area contributed by atoms with Crippen molar-refractivity contribution in [2.24, 2.45) is 5.92 Å². The lowest BCUT2D eigenvalue weighted by Crippen LogP contribution is -2.31. The third-order valence-corrected chi connectivity index (χ3v) is 3.49. The Hall–Kier alpha value is -1.37. The van der Waals surface area contributed by atoms with Crippen molar-refractivity contribution in [1.29, 1.82) is 0 Å². The minimum atomic E-state index is -0.779. The number of rotatable bonds is 9. The fourth-order valence-electron chi connectivity index (χ4n) is 1.27. The molecule has 0 spiro atoms. The number of hydrogen-bond donors (Lipinski definition) is 1. The van der Waals surface area contributed by atoms with Crippen LogP contribution in [0.5, 0.6) is 0 Å². The van der Waals surface area contributed by atoms with Crippen LogP contribution in [0, 0.1) is 5.92 Å². The first-order valence-corrected chi connectivity index (χ1v) is 7.93. The summed E-state index contributed by atoms with van der Waals surface area (Å²) >= 11 is 0.796. The zero-order valence-corrected chi connectivity index (χ0v) is 13.7. The van der Waals surface area contributed by atoms with Gasteiger partial charge in [-0.05, 0) is 20.3 Å². The largest absolute Gasteiger partial charge is 0.463 e. The molecule has 7 heteroatoms. The second-order valence-corrected chi connectivity index (χ2v) is 5.94. The molecule has 0 saturated heterocycles. The maximum absolute atomic E-state index is 11.5. The van der Waals surface area contributed by atoms with Crippen LogP contribution in [0.3, 0.4) is 0 Å². The van der Waals surface area contributed by atoms with Gasteiger partial charge >= 0.3 is 5.97 Å². The van der Waals surface area contributed by atoms with Crippen LogP contribution in [0.2, 0.25) is 0 Å². The molecular formula is C14H23NO5S. The number of Topliss-reactive ketones (excluding diaryl/α,β-unsaturated/α-hetero) is 1. The molecule has 0 aromatic rings. The lowest BCUT2D eigenvalue weighted by atomic mass is 10.1. The summed E-state index contributed by atoms with van der Waals surface area (Å²) in [7, 11) is 0. The molecule has 0 bridgehead atoms. The summed E-state index contributed by atoms with van der Waals surface area (Å²) < 4.78 is 4.79. The topological polar surface area (TPSA) is 89.5 Å². The first-order chi connectivity index (χ1) is 9.77. The lowest BCUT2D eigenvalue weighted by Gasteiger charge is -2.09. The highest BCUT2D eigenvalue weighted by atomic mass is 32.2. The molecule has 0 aliphatic rings. The molecule has 0 saturated carbocycles. The lowest BCUT2D eigenvalue weighted by molar-refractivity contribution is -0.150. The first kappa shape index (κ1) is 19.6. The predicted molar refractivity (Wildman–Crippen MR) is 80.8 cm³/mol. The minimum Gasteiger partial charge on any atom is -0.463 e. The Morgan fingerprint density at radius 1 is 1.14 bits per heavy atom. The fraction of sp³-hybridized carbons (Fsp3) is 0.714. The number of amides is 1. The van der Waals surface area contributed by atoms with Crippen LogP contribution in [0.15, 0.2) is 0 Å². The Morgan fingerprint density at radius 3 is 2.29 bits per heavy atom. The number of ketones is 1. The number of thioether (sulfide) groups is 1. The molecule has 21 heavy (non-hydrogen) atoms. The van der Waals surface area contributed by atoms with Gasteiger partial charge in [0.25, 0.3) is 5.12 Å².